The van der Waals surface area contributed by atoms with Crippen LogP contribution < -0.4 is 5.32 Å². The van der Waals surface area contributed by atoms with E-state index in [2.05, 4.69) is 5.32 Å². The second-order valence-corrected chi connectivity index (χ2v) is 13.9. The summed E-state index contributed by atoms with van der Waals surface area (Å²) >= 11 is 12.3. The van der Waals surface area contributed by atoms with Gasteiger partial charge in [-0.1, -0.05) is 61.3 Å². The topological polar surface area (TPSA) is 101 Å². The number of carbonyl (C=O) groups excluding carboxylic acids is 1. The fraction of sp³-hybridized carbons (Fsp3) is 0.481. The number of carboxylic acid groups (broad SMARTS) is 1. The maximum absolute atomic E-state index is 13.4. The van der Waals surface area contributed by atoms with Gasteiger partial charge in [0.15, 0.2) is 9.84 Å². The van der Waals surface area contributed by atoms with Crippen LogP contribution in [0.2, 0.25) is 10.0 Å². The molecular formula is C27H33Cl2NO5S. The Labute approximate surface area is 223 Å². The minimum Gasteiger partial charge on any atom is -0.481 e. The van der Waals surface area contributed by atoms with Crippen LogP contribution in [0, 0.1) is 11.3 Å². The maximum atomic E-state index is 13.4. The predicted molar refractivity (Wildman–Crippen MR) is 143 cm³/mol. The van der Waals surface area contributed by atoms with Crippen LogP contribution in [0.1, 0.15) is 69.3 Å². The first-order valence-electron chi connectivity index (χ1n) is 12.0. The van der Waals surface area contributed by atoms with Crippen LogP contribution in [0.3, 0.4) is 0 Å². The molecule has 36 heavy (non-hydrogen) atoms. The van der Waals surface area contributed by atoms with Crippen LogP contribution in [0.15, 0.2) is 48.5 Å². The lowest BCUT2D eigenvalue weighted by atomic mass is 9.67. The minimum absolute atomic E-state index is 0.242. The molecule has 0 bridgehead atoms. The highest BCUT2D eigenvalue weighted by molar-refractivity contribution is 7.92. The van der Waals surface area contributed by atoms with Gasteiger partial charge in [0.1, 0.15) is 0 Å². The molecule has 1 aliphatic heterocycles. The Morgan fingerprint density at radius 3 is 2.31 bits per heavy atom. The summed E-state index contributed by atoms with van der Waals surface area (Å²) in [6.45, 7) is 6.92. The van der Waals surface area contributed by atoms with Crippen molar-refractivity contribution in [3.8, 4) is 0 Å². The first-order chi connectivity index (χ1) is 16.7. The number of hydrogen-bond acceptors (Lipinski definition) is 4. The van der Waals surface area contributed by atoms with Gasteiger partial charge in [-0.15, -0.1) is 0 Å². The summed E-state index contributed by atoms with van der Waals surface area (Å²) in [4.78, 5) is 24.7. The third-order valence-electron chi connectivity index (χ3n) is 7.26. The second kappa shape index (κ2) is 11.1. The van der Waals surface area contributed by atoms with Crippen molar-refractivity contribution in [3.63, 3.8) is 0 Å². The lowest BCUT2D eigenvalue weighted by Crippen LogP contribution is -2.56. The number of hydrogen-bond donors (Lipinski definition) is 2. The van der Waals surface area contributed by atoms with Gasteiger partial charge in [-0.3, -0.25) is 9.59 Å². The molecule has 5 unspecified atom stereocenters. The van der Waals surface area contributed by atoms with Crippen molar-refractivity contribution in [3.05, 3.63) is 69.7 Å². The molecule has 1 aliphatic rings. The van der Waals surface area contributed by atoms with E-state index in [1.165, 1.54) is 0 Å². The number of carboxylic acids is 1. The number of carbonyl (C=O) groups is 2. The molecule has 0 aliphatic carbocycles. The van der Waals surface area contributed by atoms with Crippen LogP contribution in [-0.2, 0) is 19.4 Å². The standard InChI is InChI=1S/C27H33Cl2NO5S/c1-16(2)36(34,35)23(18-8-10-20(28)11-9-18)12-17(3)25-22(19-6-5-7-21(29)13-19)14-27(4,15-24(31)32)26(33)30-25/h5-11,13,16-17,22-23,25H,12,14-15H2,1-4H3,(H,30,33)(H,31,32). The summed E-state index contributed by atoms with van der Waals surface area (Å²) in [6, 6.07) is 13.7. The molecule has 1 saturated heterocycles. The van der Waals surface area contributed by atoms with Crippen molar-refractivity contribution < 1.29 is 23.1 Å². The van der Waals surface area contributed by atoms with Gasteiger partial charge in [0.05, 0.1) is 22.3 Å². The molecule has 1 amide bonds. The summed E-state index contributed by atoms with van der Waals surface area (Å²) < 4.78 is 26.8. The fourth-order valence-electron chi connectivity index (χ4n) is 5.17. The van der Waals surface area contributed by atoms with Crippen molar-refractivity contribution >= 4 is 44.9 Å². The van der Waals surface area contributed by atoms with Crippen molar-refractivity contribution in [1.29, 1.82) is 0 Å². The van der Waals surface area contributed by atoms with Gasteiger partial charge in [-0.25, -0.2) is 8.42 Å². The average Bonchev–Trinajstić information content (AvgIpc) is 2.79. The normalized spacial score (nSPS) is 24.2. The summed E-state index contributed by atoms with van der Waals surface area (Å²) in [7, 11) is -3.53. The molecule has 2 aromatic rings. The van der Waals surface area contributed by atoms with E-state index in [9.17, 15) is 23.1 Å². The Morgan fingerprint density at radius 1 is 1.11 bits per heavy atom. The zero-order valence-electron chi connectivity index (χ0n) is 20.9. The zero-order chi connectivity index (χ0) is 26.8. The van der Waals surface area contributed by atoms with E-state index < -0.39 is 37.8 Å². The molecule has 0 spiro atoms. The van der Waals surface area contributed by atoms with Gasteiger partial charge in [-0.2, -0.15) is 0 Å². The van der Waals surface area contributed by atoms with Gasteiger partial charge in [0.25, 0.3) is 0 Å². The number of benzene rings is 2. The van der Waals surface area contributed by atoms with Gasteiger partial charge in [0, 0.05) is 22.0 Å². The molecule has 2 aromatic carbocycles. The number of amides is 1. The molecule has 3 rings (SSSR count). The lowest BCUT2D eigenvalue weighted by Gasteiger charge is -2.45. The molecule has 1 fully saturated rings. The fourth-order valence-corrected chi connectivity index (χ4v) is 7.26. The quantitative estimate of drug-likeness (QED) is 0.394. The average molecular weight is 555 g/mol. The van der Waals surface area contributed by atoms with Gasteiger partial charge in [-0.05, 0) is 68.0 Å². The van der Waals surface area contributed by atoms with Gasteiger partial charge in [0.2, 0.25) is 5.91 Å². The Morgan fingerprint density at radius 2 is 1.75 bits per heavy atom. The molecule has 0 aromatic heterocycles. The van der Waals surface area contributed by atoms with E-state index in [-0.39, 0.29) is 30.6 Å². The smallest absolute Gasteiger partial charge is 0.304 e. The van der Waals surface area contributed by atoms with E-state index >= 15 is 0 Å². The lowest BCUT2D eigenvalue weighted by molar-refractivity contribution is -0.147. The summed E-state index contributed by atoms with van der Waals surface area (Å²) in [5.74, 6) is -1.88. The highest BCUT2D eigenvalue weighted by atomic mass is 35.5. The molecule has 0 saturated carbocycles. The van der Waals surface area contributed by atoms with Crippen molar-refractivity contribution in [1.82, 2.24) is 5.32 Å². The molecule has 5 atom stereocenters. The number of sulfone groups is 1. The predicted octanol–water partition coefficient (Wildman–Crippen LogP) is 6.04. The molecule has 0 radical (unpaired) electrons. The van der Waals surface area contributed by atoms with Crippen LogP contribution in [0.5, 0.6) is 0 Å². The highest BCUT2D eigenvalue weighted by Gasteiger charge is 2.48. The SMILES string of the molecule is CC(CC(c1ccc(Cl)cc1)S(=O)(=O)C(C)C)C1NC(=O)C(C)(CC(=O)O)CC1c1cccc(Cl)c1. The summed E-state index contributed by atoms with van der Waals surface area (Å²) in [6.07, 6.45) is 0.287. The van der Waals surface area contributed by atoms with E-state index in [1.807, 2.05) is 25.1 Å². The molecule has 6 nitrogen and oxygen atoms in total. The molecule has 2 N–H and O–H groups in total. The van der Waals surface area contributed by atoms with Crippen LogP contribution in [-0.4, -0.2) is 36.7 Å². The first-order valence-corrected chi connectivity index (χ1v) is 14.4. The third-order valence-corrected chi connectivity index (χ3v) is 10.3. The summed E-state index contributed by atoms with van der Waals surface area (Å²) in [5, 5.41) is 12.2. The maximum Gasteiger partial charge on any atom is 0.304 e. The zero-order valence-corrected chi connectivity index (χ0v) is 23.2. The third kappa shape index (κ3) is 6.24. The molecule has 1 heterocycles. The Bertz CT molecular complexity index is 1210. The molecular weight excluding hydrogens is 521 g/mol. The monoisotopic (exact) mass is 553 g/mol. The van der Waals surface area contributed by atoms with Crippen LogP contribution in [0.4, 0.5) is 0 Å². The Balaban J connectivity index is 2.01. The first kappa shape index (κ1) is 28.5. The van der Waals surface area contributed by atoms with Crippen LogP contribution >= 0.6 is 23.2 Å². The molecule has 196 valence electrons. The second-order valence-electron chi connectivity index (χ2n) is 10.4. The number of aliphatic carboxylic acids is 1. The molecule has 9 heteroatoms. The van der Waals surface area contributed by atoms with Crippen molar-refractivity contribution in [2.75, 3.05) is 0 Å². The summed E-state index contributed by atoms with van der Waals surface area (Å²) in [5.41, 5.74) is 0.428. The number of halogens is 2. The largest absolute Gasteiger partial charge is 0.481 e. The van der Waals surface area contributed by atoms with E-state index in [4.69, 9.17) is 23.2 Å². The van der Waals surface area contributed by atoms with Crippen molar-refractivity contribution in [2.24, 2.45) is 11.3 Å². The highest BCUT2D eigenvalue weighted by Crippen LogP contribution is 2.45. The van der Waals surface area contributed by atoms with E-state index in [0.29, 0.717) is 22.0 Å². The van der Waals surface area contributed by atoms with Crippen LogP contribution in [0.25, 0.3) is 0 Å². The minimum atomic E-state index is -3.53. The number of rotatable bonds is 9. The Kier molecular flexibility index (Phi) is 8.79. The van der Waals surface area contributed by atoms with Gasteiger partial charge < -0.3 is 10.4 Å². The number of piperidine rings is 1. The van der Waals surface area contributed by atoms with Gasteiger partial charge >= 0.3 is 5.97 Å². The van der Waals surface area contributed by atoms with E-state index in [1.54, 1.807) is 51.1 Å². The Hall–Kier alpha value is -2.09. The number of nitrogens with one attached hydrogen (secondary N) is 1. The van der Waals surface area contributed by atoms with Crippen molar-refractivity contribution in [2.45, 2.75) is 69.4 Å². The van der Waals surface area contributed by atoms with E-state index in [0.717, 1.165) is 5.56 Å².